The van der Waals surface area contributed by atoms with Gasteiger partial charge in [-0.1, -0.05) is 6.07 Å². The molecule has 2 nitrogen and oxygen atoms in total. The van der Waals surface area contributed by atoms with Crippen LogP contribution in [0.4, 0.5) is 17.6 Å². The molecular weight excluding hydrogens is 250 g/mol. The van der Waals surface area contributed by atoms with Crippen LogP contribution in [0.2, 0.25) is 0 Å². The van der Waals surface area contributed by atoms with Crippen LogP contribution in [-0.2, 0) is 6.54 Å². The van der Waals surface area contributed by atoms with Crippen molar-refractivity contribution >= 4 is 0 Å². The Bertz CT molecular complexity index is 379. The first-order chi connectivity index (χ1) is 8.42. The van der Waals surface area contributed by atoms with E-state index in [4.69, 9.17) is 4.74 Å². The van der Waals surface area contributed by atoms with Crippen molar-refractivity contribution in [3.8, 4) is 5.75 Å². The van der Waals surface area contributed by atoms with E-state index in [1.54, 1.807) is 12.1 Å². The number of methoxy groups -OCH3 is 1. The highest BCUT2D eigenvalue weighted by molar-refractivity contribution is 5.28. The smallest absolute Gasteiger partial charge is 0.389 e. The first-order valence-electron chi connectivity index (χ1n) is 5.52. The van der Waals surface area contributed by atoms with Gasteiger partial charge in [-0.05, 0) is 19.0 Å². The zero-order valence-electron chi connectivity index (χ0n) is 9.98. The Labute approximate surface area is 103 Å². The van der Waals surface area contributed by atoms with Crippen LogP contribution < -0.4 is 10.1 Å². The zero-order valence-corrected chi connectivity index (χ0v) is 9.98. The lowest BCUT2D eigenvalue weighted by atomic mass is 10.2. The fraction of sp³-hybridized carbons (Fsp3) is 0.500. The first-order valence-corrected chi connectivity index (χ1v) is 5.52. The second kappa shape index (κ2) is 6.58. The summed E-state index contributed by atoms with van der Waals surface area (Å²) >= 11 is 0. The minimum absolute atomic E-state index is 0.0126. The number of hydrogen-bond acceptors (Lipinski definition) is 2. The summed E-state index contributed by atoms with van der Waals surface area (Å²) in [6.45, 7) is 0.401. The molecule has 0 saturated carbocycles. The van der Waals surface area contributed by atoms with Gasteiger partial charge < -0.3 is 10.1 Å². The Hall–Kier alpha value is -1.30. The molecule has 0 unspecified atom stereocenters. The Morgan fingerprint density at radius 2 is 2.00 bits per heavy atom. The number of rotatable bonds is 6. The maximum absolute atomic E-state index is 13.4. The van der Waals surface area contributed by atoms with Gasteiger partial charge in [-0.25, -0.2) is 4.39 Å². The van der Waals surface area contributed by atoms with Crippen molar-refractivity contribution in [3.05, 3.63) is 29.6 Å². The lowest BCUT2D eigenvalue weighted by molar-refractivity contribution is -0.135. The van der Waals surface area contributed by atoms with Gasteiger partial charge in [0, 0.05) is 24.6 Å². The van der Waals surface area contributed by atoms with Gasteiger partial charge in [0.2, 0.25) is 0 Å². The topological polar surface area (TPSA) is 21.3 Å². The highest BCUT2D eigenvalue weighted by Crippen LogP contribution is 2.21. The standard InChI is InChI=1S/C12H15F4NO/c1-18-10-4-3-9(11(13)7-10)8-17-6-2-5-12(14,15)16/h3-4,7,17H,2,5-6,8H2,1H3. The maximum Gasteiger partial charge on any atom is 0.389 e. The quantitative estimate of drug-likeness (QED) is 0.629. The van der Waals surface area contributed by atoms with Crippen molar-refractivity contribution in [2.45, 2.75) is 25.6 Å². The van der Waals surface area contributed by atoms with Gasteiger partial charge in [0.25, 0.3) is 0 Å². The predicted molar refractivity (Wildman–Crippen MR) is 59.9 cm³/mol. The second-order valence-corrected chi connectivity index (χ2v) is 3.85. The summed E-state index contributed by atoms with van der Waals surface area (Å²) in [7, 11) is 1.43. The molecule has 0 atom stereocenters. The molecule has 0 aliphatic carbocycles. The summed E-state index contributed by atoms with van der Waals surface area (Å²) in [5.41, 5.74) is 0.405. The number of hydrogen-bond donors (Lipinski definition) is 1. The van der Waals surface area contributed by atoms with Crippen LogP contribution in [0.5, 0.6) is 5.75 Å². The molecule has 0 aliphatic heterocycles. The van der Waals surface area contributed by atoms with E-state index in [2.05, 4.69) is 5.32 Å². The SMILES string of the molecule is COc1ccc(CNCCCC(F)(F)F)c(F)c1. The molecular formula is C12H15F4NO. The molecule has 0 aromatic heterocycles. The van der Waals surface area contributed by atoms with Crippen LogP contribution in [0.15, 0.2) is 18.2 Å². The highest BCUT2D eigenvalue weighted by Gasteiger charge is 2.25. The fourth-order valence-corrected chi connectivity index (χ4v) is 1.44. The van der Waals surface area contributed by atoms with Crippen LogP contribution in [-0.4, -0.2) is 19.8 Å². The van der Waals surface area contributed by atoms with Crippen molar-refractivity contribution in [1.82, 2.24) is 5.32 Å². The second-order valence-electron chi connectivity index (χ2n) is 3.85. The molecule has 0 fully saturated rings. The molecule has 0 heterocycles. The summed E-state index contributed by atoms with van der Waals surface area (Å²) in [6.07, 6.45) is -4.97. The summed E-state index contributed by atoms with van der Waals surface area (Å²) in [5, 5.41) is 2.77. The molecule has 1 aromatic carbocycles. The molecule has 0 spiro atoms. The Kier molecular flexibility index (Phi) is 5.40. The molecule has 0 saturated heterocycles. The Balaban J connectivity index is 2.31. The van der Waals surface area contributed by atoms with E-state index in [-0.39, 0.29) is 19.5 Å². The number of nitrogens with one attached hydrogen (secondary N) is 1. The van der Waals surface area contributed by atoms with Crippen molar-refractivity contribution in [2.24, 2.45) is 0 Å². The molecule has 1 N–H and O–H groups in total. The maximum atomic E-state index is 13.4. The normalized spacial score (nSPS) is 11.6. The minimum atomic E-state index is -4.13. The lowest BCUT2D eigenvalue weighted by Gasteiger charge is -2.08. The van der Waals surface area contributed by atoms with Gasteiger partial charge in [-0.15, -0.1) is 0 Å². The summed E-state index contributed by atoms with van der Waals surface area (Å²) < 4.78 is 53.8. The summed E-state index contributed by atoms with van der Waals surface area (Å²) in [5.74, 6) is -0.0222. The van der Waals surface area contributed by atoms with Gasteiger partial charge in [0.1, 0.15) is 11.6 Å². The third-order valence-corrected chi connectivity index (χ3v) is 2.39. The van der Waals surface area contributed by atoms with E-state index in [1.807, 2.05) is 0 Å². The summed E-state index contributed by atoms with van der Waals surface area (Å²) in [6, 6.07) is 4.40. The molecule has 0 radical (unpaired) electrons. The van der Waals surface area contributed by atoms with E-state index in [9.17, 15) is 17.6 Å². The molecule has 1 aromatic rings. The number of benzene rings is 1. The van der Waals surface area contributed by atoms with Gasteiger partial charge >= 0.3 is 6.18 Å². The van der Waals surface area contributed by atoms with Gasteiger partial charge in [0.15, 0.2) is 0 Å². The third-order valence-electron chi connectivity index (χ3n) is 2.39. The molecule has 102 valence electrons. The van der Waals surface area contributed by atoms with Crippen molar-refractivity contribution in [1.29, 1.82) is 0 Å². The van der Waals surface area contributed by atoms with Crippen LogP contribution in [0.1, 0.15) is 18.4 Å². The largest absolute Gasteiger partial charge is 0.497 e. The molecule has 0 amide bonds. The molecule has 0 aliphatic rings. The monoisotopic (exact) mass is 265 g/mol. The van der Waals surface area contributed by atoms with Crippen LogP contribution in [0.25, 0.3) is 0 Å². The van der Waals surface area contributed by atoms with Crippen LogP contribution >= 0.6 is 0 Å². The van der Waals surface area contributed by atoms with E-state index in [1.165, 1.54) is 13.2 Å². The van der Waals surface area contributed by atoms with Crippen molar-refractivity contribution in [2.75, 3.05) is 13.7 Å². The first kappa shape index (κ1) is 14.8. The number of halogens is 4. The average Bonchev–Trinajstić information content (AvgIpc) is 2.29. The molecule has 1 rings (SSSR count). The fourth-order valence-electron chi connectivity index (χ4n) is 1.44. The van der Waals surface area contributed by atoms with Crippen LogP contribution in [0, 0.1) is 5.82 Å². The van der Waals surface area contributed by atoms with E-state index in [0.29, 0.717) is 11.3 Å². The lowest BCUT2D eigenvalue weighted by Crippen LogP contribution is -2.18. The van der Waals surface area contributed by atoms with Crippen molar-refractivity contribution < 1.29 is 22.3 Å². The minimum Gasteiger partial charge on any atom is -0.497 e. The third kappa shape index (κ3) is 5.35. The Morgan fingerprint density at radius 1 is 1.28 bits per heavy atom. The van der Waals surface area contributed by atoms with Gasteiger partial charge in [-0.3, -0.25) is 0 Å². The highest BCUT2D eigenvalue weighted by atomic mass is 19.4. The molecule has 0 bridgehead atoms. The van der Waals surface area contributed by atoms with E-state index in [0.717, 1.165) is 0 Å². The predicted octanol–water partition coefficient (Wildman–Crippen LogP) is 3.27. The van der Waals surface area contributed by atoms with E-state index < -0.39 is 18.4 Å². The van der Waals surface area contributed by atoms with Gasteiger partial charge in [0.05, 0.1) is 7.11 Å². The number of alkyl halides is 3. The van der Waals surface area contributed by atoms with E-state index >= 15 is 0 Å². The number of ether oxygens (including phenoxy) is 1. The van der Waals surface area contributed by atoms with Gasteiger partial charge in [-0.2, -0.15) is 13.2 Å². The zero-order chi connectivity index (χ0) is 13.6. The summed E-state index contributed by atoms with van der Waals surface area (Å²) in [4.78, 5) is 0. The molecule has 6 heteroatoms. The molecule has 18 heavy (non-hydrogen) atoms. The Morgan fingerprint density at radius 3 is 2.56 bits per heavy atom. The van der Waals surface area contributed by atoms with Crippen LogP contribution in [0.3, 0.4) is 0 Å². The van der Waals surface area contributed by atoms with Crippen molar-refractivity contribution in [3.63, 3.8) is 0 Å². The average molecular weight is 265 g/mol.